The first kappa shape index (κ1) is 19.4. The maximum Gasteiger partial charge on any atom is 0.225 e. The number of methoxy groups -OCH3 is 1. The maximum absolute atomic E-state index is 12.9. The molecule has 1 saturated carbocycles. The SMILES string of the molecule is COc1cccc(C23CCN(C(=O)C4CC4)CC2Cc2c([nH]c4cccc(Br)c24)C3)c1. The molecule has 1 N–H and O–H groups in total. The molecule has 3 aliphatic rings. The van der Waals surface area contributed by atoms with Crippen molar-refractivity contribution in [2.75, 3.05) is 20.2 Å². The molecule has 2 aromatic carbocycles. The zero-order chi connectivity index (χ0) is 21.2. The van der Waals surface area contributed by atoms with E-state index < -0.39 is 0 Å². The van der Waals surface area contributed by atoms with Gasteiger partial charge in [-0.2, -0.15) is 0 Å². The van der Waals surface area contributed by atoms with Gasteiger partial charge in [0, 0.05) is 45.5 Å². The van der Waals surface area contributed by atoms with Crippen molar-refractivity contribution in [2.45, 2.75) is 37.5 Å². The van der Waals surface area contributed by atoms with Gasteiger partial charge in [-0.15, -0.1) is 0 Å². The average Bonchev–Trinajstić information content (AvgIpc) is 3.58. The summed E-state index contributed by atoms with van der Waals surface area (Å²) in [6, 6.07) is 15.0. The Hall–Kier alpha value is -2.27. The molecule has 5 heteroatoms. The minimum absolute atomic E-state index is 0.0230. The molecule has 0 spiro atoms. The van der Waals surface area contributed by atoms with Crippen LogP contribution in [0.15, 0.2) is 46.9 Å². The van der Waals surface area contributed by atoms with Crippen molar-refractivity contribution in [3.05, 3.63) is 63.8 Å². The highest BCUT2D eigenvalue weighted by atomic mass is 79.9. The second kappa shape index (κ2) is 7.13. The van der Waals surface area contributed by atoms with E-state index in [1.54, 1.807) is 7.11 Å². The smallest absolute Gasteiger partial charge is 0.225 e. The molecule has 2 unspecified atom stereocenters. The predicted octanol–water partition coefficient (Wildman–Crippen LogP) is 5.23. The summed E-state index contributed by atoms with van der Waals surface area (Å²) in [4.78, 5) is 18.8. The molecule has 1 amide bonds. The number of benzene rings is 2. The van der Waals surface area contributed by atoms with Gasteiger partial charge >= 0.3 is 0 Å². The average molecular weight is 479 g/mol. The summed E-state index contributed by atoms with van der Waals surface area (Å²) in [6.07, 6.45) is 5.11. The third kappa shape index (κ3) is 3.04. The van der Waals surface area contributed by atoms with E-state index >= 15 is 0 Å². The first-order valence-electron chi connectivity index (χ1n) is 11.3. The summed E-state index contributed by atoms with van der Waals surface area (Å²) in [5, 5.41) is 1.31. The molecule has 6 rings (SSSR count). The zero-order valence-electron chi connectivity index (χ0n) is 17.8. The highest BCUT2D eigenvalue weighted by molar-refractivity contribution is 9.10. The van der Waals surface area contributed by atoms with Crippen LogP contribution < -0.4 is 4.74 Å². The summed E-state index contributed by atoms with van der Waals surface area (Å²) in [5.74, 6) is 1.97. The molecular weight excluding hydrogens is 452 g/mol. The first-order chi connectivity index (χ1) is 15.1. The molecule has 0 bridgehead atoms. The van der Waals surface area contributed by atoms with E-state index in [0.717, 1.165) is 55.4 Å². The minimum atomic E-state index is 0.0230. The molecule has 0 radical (unpaired) electrons. The number of likely N-dealkylation sites (tertiary alicyclic amines) is 1. The van der Waals surface area contributed by atoms with Crippen molar-refractivity contribution >= 4 is 32.7 Å². The van der Waals surface area contributed by atoms with E-state index in [0.29, 0.717) is 11.8 Å². The molecular formula is C26H27BrN2O2. The van der Waals surface area contributed by atoms with Crippen LogP contribution in [0.5, 0.6) is 5.75 Å². The number of fused-ring (bicyclic) bond motifs is 4. The monoisotopic (exact) mass is 478 g/mol. The van der Waals surface area contributed by atoms with Crippen LogP contribution in [0.3, 0.4) is 0 Å². The highest BCUT2D eigenvalue weighted by Crippen LogP contribution is 2.50. The number of carbonyl (C=O) groups is 1. The van der Waals surface area contributed by atoms with Crippen molar-refractivity contribution in [1.82, 2.24) is 9.88 Å². The van der Waals surface area contributed by atoms with Gasteiger partial charge in [-0.25, -0.2) is 0 Å². The van der Waals surface area contributed by atoms with Crippen LogP contribution in [-0.4, -0.2) is 36.0 Å². The van der Waals surface area contributed by atoms with E-state index in [4.69, 9.17) is 4.74 Å². The van der Waals surface area contributed by atoms with Crippen molar-refractivity contribution < 1.29 is 9.53 Å². The number of aromatic nitrogens is 1. The van der Waals surface area contributed by atoms with Gasteiger partial charge in [0.05, 0.1) is 7.11 Å². The lowest BCUT2D eigenvalue weighted by molar-refractivity contribution is -0.135. The minimum Gasteiger partial charge on any atom is -0.497 e. The predicted molar refractivity (Wildman–Crippen MR) is 125 cm³/mol. The fourth-order valence-corrected chi connectivity index (χ4v) is 6.63. The topological polar surface area (TPSA) is 45.3 Å². The molecule has 3 aromatic rings. The van der Waals surface area contributed by atoms with Gasteiger partial charge in [0.25, 0.3) is 0 Å². The fourth-order valence-electron chi connectivity index (χ4n) is 6.03. The number of nitrogens with zero attached hydrogens (tertiary/aromatic N) is 1. The van der Waals surface area contributed by atoms with Crippen molar-refractivity contribution in [3.63, 3.8) is 0 Å². The molecule has 2 atom stereocenters. The molecule has 4 nitrogen and oxygen atoms in total. The van der Waals surface area contributed by atoms with Gasteiger partial charge in [0.15, 0.2) is 0 Å². The van der Waals surface area contributed by atoms with E-state index in [-0.39, 0.29) is 11.3 Å². The number of aromatic amines is 1. The standard InChI is InChI=1S/C26H27BrN2O2/c1-31-19-5-2-4-17(12-19)26-10-11-29(25(30)16-8-9-16)15-18(26)13-20-23(14-26)28-22-7-3-6-21(27)24(20)22/h2-7,12,16,18,28H,8-11,13-15H2,1H3. The van der Waals surface area contributed by atoms with Crippen LogP contribution in [0.2, 0.25) is 0 Å². The fraction of sp³-hybridized carbons (Fsp3) is 0.423. The number of amides is 1. The third-order valence-electron chi connectivity index (χ3n) is 7.84. The Balaban J connectivity index is 1.47. The Kier molecular flexibility index (Phi) is 4.46. The van der Waals surface area contributed by atoms with E-state index in [1.807, 2.05) is 6.07 Å². The molecule has 2 aliphatic carbocycles. The van der Waals surface area contributed by atoms with Gasteiger partial charge in [0.2, 0.25) is 5.91 Å². The molecule has 31 heavy (non-hydrogen) atoms. The number of hydrogen-bond acceptors (Lipinski definition) is 2. The molecule has 1 saturated heterocycles. The summed E-state index contributed by atoms with van der Waals surface area (Å²) in [7, 11) is 1.74. The number of piperidine rings is 1. The second-order valence-corrected chi connectivity index (χ2v) is 10.4. The van der Waals surface area contributed by atoms with Crippen LogP contribution in [-0.2, 0) is 23.1 Å². The normalized spacial score (nSPS) is 25.2. The van der Waals surface area contributed by atoms with Crippen LogP contribution >= 0.6 is 15.9 Å². The van der Waals surface area contributed by atoms with Gasteiger partial charge in [-0.1, -0.05) is 34.1 Å². The third-order valence-corrected chi connectivity index (χ3v) is 8.50. The largest absolute Gasteiger partial charge is 0.497 e. The molecule has 160 valence electrons. The Bertz CT molecular complexity index is 1180. The maximum atomic E-state index is 12.9. The van der Waals surface area contributed by atoms with Gasteiger partial charge in [-0.3, -0.25) is 4.79 Å². The Morgan fingerprint density at radius 1 is 1.23 bits per heavy atom. The van der Waals surface area contributed by atoms with Crippen LogP contribution in [0.4, 0.5) is 0 Å². The number of halogens is 1. The number of carbonyl (C=O) groups excluding carboxylic acids is 1. The van der Waals surface area contributed by atoms with E-state index in [9.17, 15) is 4.79 Å². The second-order valence-electron chi connectivity index (χ2n) is 9.52. The molecule has 1 aliphatic heterocycles. The Labute approximate surface area is 191 Å². The van der Waals surface area contributed by atoms with Crippen LogP contribution in [0.1, 0.15) is 36.1 Å². The summed E-state index contributed by atoms with van der Waals surface area (Å²) >= 11 is 3.78. The number of ether oxygens (including phenoxy) is 1. The number of rotatable bonds is 3. The van der Waals surface area contributed by atoms with E-state index in [1.165, 1.54) is 27.7 Å². The van der Waals surface area contributed by atoms with Crippen LogP contribution in [0.25, 0.3) is 10.9 Å². The van der Waals surface area contributed by atoms with Gasteiger partial charge < -0.3 is 14.6 Å². The lowest BCUT2D eigenvalue weighted by Gasteiger charge is -2.51. The molecule has 2 fully saturated rings. The summed E-state index contributed by atoms with van der Waals surface area (Å²) < 4.78 is 6.73. The quantitative estimate of drug-likeness (QED) is 0.559. The van der Waals surface area contributed by atoms with Gasteiger partial charge in [-0.05, 0) is 73.4 Å². The lowest BCUT2D eigenvalue weighted by atomic mass is 9.58. The number of H-pyrrole nitrogens is 1. The van der Waals surface area contributed by atoms with Crippen molar-refractivity contribution in [3.8, 4) is 5.75 Å². The highest BCUT2D eigenvalue weighted by Gasteiger charge is 2.50. The first-order valence-corrected chi connectivity index (χ1v) is 12.1. The van der Waals surface area contributed by atoms with E-state index in [2.05, 4.69) is 62.2 Å². The Morgan fingerprint density at radius 3 is 2.87 bits per heavy atom. The van der Waals surface area contributed by atoms with Crippen molar-refractivity contribution in [1.29, 1.82) is 0 Å². The van der Waals surface area contributed by atoms with Gasteiger partial charge in [0.1, 0.15) is 5.75 Å². The summed E-state index contributed by atoms with van der Waals surface area (Å²) in [5.41, 5.74) is 5.34. The zero-order valence-corrected chi connectivity index (χ0v) is 19.4. The molecule has 1 aromatic heterocycles. The number of nitrogens with one attached hydrogen (secondary N) is 1. The van der Waals surface area contributed by atoms with Crippen LogP contribution in [0, 0.1) is 11.8 Å². The Morgan fingerprint density at radius 2 is 2.06 bits per heavy atom. The molecule has 2 heterocycles. The van der Waals surface area contributed by atoms with Crippen molar-refractivity contribution in [2.24, 2.45) is 11.8 Å². The lowest BCUT2D eigenvalue weighted by Crippen LogP contribution is -2.55. The summed E-state index contributed by atoms with van der Waals surface area (Å²) in [6.45, 7) is 1.70. The number of hydrogen-bond donors (Lipinski definition) is 1.